The van der Waals surface area contributed by atoms with Gasteiger partial charge in [0.1, 0.15) is 6.33 Å². The molecule has 0 radical (unpaired) electrons. The summed E-state index contributed by atoms with van der Waals surface area (Å²) < 4.78 is 10.4. The smallest absolute Gasteiger partial charge is 0.334 e. The number of aliphatic carboxylic acids is 2. The van der Waals surface area contributed by atoms with Gasteiger partial charge in [-0.1, -0.05) is 0 Å². The third-order valence-corrected chi connectivity index (χ3v) is 3.71. The molecule has 0 amide bonds. The van der Waals surface area contributed by atoms with Crippen molar-refractivity contribution in [2.45, 2.75) is 19.8 Å². The second-order valence-corrected chi connectivity index (χ2v) is 5.05. The van der Waals surface area contributed by atoms with Crippen molar-refractivity contribution < 1.29 is 29.3 Å². The van der Waals surface area contributed by atoms with Gasteiger partial charge in [0.05, 0.1) is 36.8 Å². The standard InChI is InChI=1S/C15H17N3O6/c1-6-8(14(19)20)10(9(15(21)22)7(2)18-6)11-12(23-3)16-5-17-13(11)24-4/h5,10,18H,1-4H3,(H,19,20)(H,21,22). The van der Waals surface area contributed by atoms with E-state index in [2.05, 4.69) is 15.3 Å². The molecule has 0 atom stereocenters. The minimum Gasteiger partial charge on any atom is -0.481 e. The molecule has 0 unspecified atom stereocenters. The molecule has 0 bridgehead atoms. The van der Waals surface area contributed by atoms with Crippen LogP contribution in [-0.2, 0) is 9.59 Å². The van der Waals surface area contributed by atoms with Crippen molar-refractivity contribution in [3.8, 4) is 11.8 Å². The Morgan fingerprint density at radius 2 is 1.42 bits per heavy atom. The van der Waals surface area contributed by atoms with Crippen LogP contribution in [0.2, 0.25) is 0 Å². The number of ether oxygens (including phenoxy) is 2. The maximum Gasteiger partial charge on any atom is 0.334 e. The third-order valence-electron chi connectivity index (χ3n) is 3.71. The predicted octanol–water partition coefficient (Wildman–Crippen LogP) is 0.898. The molecule has 0 aliphatic carbocycles. The van der Waals surface area contributed by atoms with E-state index in [0.29, 0.717) is 11.4 Å². The zero-order chi connectivity index (χ0) is 18.0. The highest BCUT2D eigenvalue weighted by atomic mass is 16.5. The minimum absolute atomic E-state index is 0.0480. The SMILES string of the molecule is COc1ncnc(OC)c1C1C(C(=O)O)=C(C)NC(C)=C1C(=O)O. The first-order chi connectivity index (χ1) is 11.3. The Kier molecular flexibility index (Phi) is 4.72. The van der Waals surface area contributed by atoms with Crippen molar-refractivity contribution in [2.24, 2.45) is 0 Å². The molecule has 3 N–H and O–H groups in total. The monoisotopic (exact) mass is 335 g/mol. The number of hydrogen-bond donors (Lipinski definition) is 3. The van der Waals surface area contributed by atoms with Crippen LogP contribution in [-0.4, -0.2) is 46.3 Å². The quantitative estimate of drug-likeness (QED) is 0.718. The Morgan fingerprint density at radius 1 is 1.00 bits per heavy atom. The fourth-order valence-electron chi connectivity index (χ4n) is 2.79. The molecule has 0 spiro atoms. The zero-order valence-electron chi connectivity index (χ0n) is 13.6. The topological polar surface area (TPSA) is 131 Å². The summed E-state index contributed by atoms with van der Waals surface area (Å²) in [6.07, 6.45) is 1.19. The number of allylic oxidation sites excluding steroid dienone is 2. The van der Waals surface area contributed by atoms with Crippen LogP contribution in [0.3, 0.4) is 0 Å². The van der Waals surface area contributed by atoms with E-state index in [0.717, 1.165) is 0 Å². The second kappa shape index (κ2) is 6.57. The van der Waals surface area contributed by atoms with Crippen LogP contribution in [0.5, 0.6) is 11.8 Å². The lowest BCUT2D eigenvalue weighted by molar-refractivity contribution is -0.133. The number of methoxy groups -OCH3 is 2. The highest BCUT2D eigenvalue weighted by Gasteiger charge is 2.40. The molecular weight excluding hydrogens is 318 g/mol. The van der Waals surface area contributed by atoms with Crippen LogP contribution in [0.15, 0.2) is 28.9 Å². The van der Waals surface area contributed by atoms with E-state index in [1.54, 1.807) is 13.8 Å². The first-order valence-corrected chi connectivity index (χ1v) is 6.91. The summed E-state index contributed by atoms with van der Waals surface area (Å²) in [5.74, 6) is -3.57. The number of aromatic nitrogens is 2. The maximum absolute atomic E-state index is 11.8. The molecule has 128 valence electrons. The van der Waals surface area contributed by atoms with Crippen molar-refractivity contribution in [3.63, 3.8) is 0 Å². The first-order valence-electron chi connectivity index (χ1n) is 6.91. The number of carboxylic acid groups (broad SMARTS) is 2. The van der Waals surface area contributed by atoms with Gasteiger partial charge in [-0.15, -0.1) is 0 Å². The average molecular weight is 335 g/mol. The Balaban J connectivity index is 2.86. The number of rotatable bonds is 5. The summed E-state index contributed by atoms with van der Waals surface area (Å²) in [5, 5.41) is 22.0. The molecular formula is C15H17N3O6. The largest absolute Gasteiger partial charge is 0.481 e. The molecule has 0 aromatic carbocycles. The van der Waals surface area contributed by atoms with Crippen LogP contribution in [0.25, 0.3) is 0 Å². The van der Waals surface area contributed by atoms with Gasteiger partial charge in [0.2, 0.25) is 11.8 Å². The highest BCUT2D eigenvalue weighted by molar-refractivity contribution is 5.98. The van der Waals surface area contributed by atoms with Crippen molar-refractivity contribution in [2.75, 3.05) is 14.2 Å². The third kappa shape index (κ3) is 2.75. The summed E-state index contributed by atoms with van der Waals surface area (Å²) in [4.78, 5) is 31.5. The van der Waals surface area contributed by atoms with Gasteiger partial charge in [-0.25, -0.2) is 19.6 Å². The number of nitrogens with one attached hydrogen (secondary N) is 1. The van der Waals surface area contributed by atoms with Gasteiger partial charge >= 0.3 is 11.9 Å². The first kappa shape index (κ1) is 17.3. The van der Waals surface area contributed by atoms with Gasteiger partial charge in [-0.3, -0.25) is 0 Å². The van der Waals surface area contributed by atoms with E-state index in [1.807, 2.05) is 0 Å². The molecule has 0 saturated heterocycles. The number of nitrogens with zero attached hydrogens (tertiary/aromatic N) is 2. The van der Waals surface area contributed by atoms with Crippen molar-refractivity contribution >= 4 is 11.9 Å². The van der Waals surface area contributed by atoms with E-state index in [-0.39, 0.29) is 28.5 Å². The van der Waals surface area contributed by atoms with E-state index >= 15 is 0 Å². The Hall–Kier alpha value is -3.10. The molecule has 24 heavy (non-hydrogen) atoms. The predicted molar refractivity (Wildman–Crippen MR) is 81.7 cm³/mol. The molecule has 1 aliphatic rings. The fourth-order valence-corrected chi connectivity index (χ4v) is 2.79. The van der Waals surface area contributed by atoms with E-state index in [4.69, 9.17) is 9.47 Å². The average Bonchev–Trinajstić information content (AvgIpc) is 2.52. The Bertz CT molecular complexity index is 710. The summed E-state index contributed by atoms with van der Waals surface area (Å²) >= 11 is 0. The lowest BCUT2D eigenvalue weighted by Gasteiger charge is -2.29. The zero-order valence-corrected chi connectivity index (χ0v) is 13.6. The van der Waals surface area contributed by atoms with Crippen molar-refractivity contribution in [1.82, 2.24) is 15.3 Å². The van der Waals surface area contributed by atoms with Gasteiger partial charge in [0, 0.05) is 11.4 Å². The number of carboxylic acids is 2. The van der Waals surface area contributed by atoms with Gasteiger partial charge in [-0.2, -0.15) is 0 Å². The molecule has 1 aromatic rings. The minimum atomic E-state index is -1.26. The molecule has 9 nitrogen and oxygen atoms in total. The number of dihydropyridines is 1. The molecule has 9 heteroatoms. The summed E-state index contributed by atoms with van der Waals surface area (Å²) in [6.45, 7) is 3.11. The van der Waals surface area contributed by atoms with Crippen molar-refractivity contribution in [1.29, 1.82) is 0 Å². The number of carbonyl (C=O) groups is 2. The lowest BCUT2D eigenvalue weighted by atomic mass is 9.81. The van der Waals surface area contributed by atoms with Gasteiger partial charge in [0.25, 0.3) is 0 Å². The summed E-state index contributed by atoms with van der Waals surface area (Å²) in [6, 6.07) is 0. The van der Waals surface area contributed by atoms with E-state index in [9.17, 15) is 19.8 Å². The fraction of sp³-hybridized carbons (Fsp3) is 0.333. The molecule has 2 rings (SSSR count). The Labute approximate surface area is 137 Å². The van der Waals surface area contributed by atoms with E-state index < -0.39 is 17.9 Å². The van der Waals surface area contributed by atoms with Gasteiger partial charge in [-0.05, 0) is 13.8 Å². The van der Waals surface area contributed by atoms with Crippen LogP contribution >= 0.6 is 0 Å². The van der Waals surface area contributed by atoms with Crippen LogP contribution in [0.4, 0.5) is 0 Å². The molecule has 2 heterocycles. The van der Waals surface area contributed by atoms with Crippen LogP contribution < -0.4 is 14.8 Å². The Morgan fingerprint density at radius 3 is 1.75 bits per heavy atom. The van der Waals surface area contributed by atoms with Crippen LogP contribution in [0.1, 0.15) is 25.3 Å². The second-order valence-electron chi connectivity index (χ2n) is 5.05. The molecule has 0 saturated carbocycles. The van der Waals surface area contributed by atoms with Crippen LogP contribution in [0, 0.1) is 0 Å². The summed E-state index contributed by atoms with van der Waals surface area (Å²) in [7, 11) is 2.70. The highest BCUT2D eigenvalue weighted by Crippen LogP contribution is 2.44. The molecule has 1 aromatic heterocycles. The summed E-state index contributed by atoms with van der Waals surface area (Å²) in [5.41, 5.74) is 0.525. The van der Waals surface area contributed by atoms with E-state index in [1.165, 1.54) is 20.5 Å². The number of hydrogen-bond acceptors (Lipinski definition) is 7. The van der Waals surface area contributed by atoms with Crippen molar-refractivity contribution in [3.05, 3.63) is 34.4 Å². The van der Waals surface area contributed by atoms with Gasteiger partial charge in [0.15, 0.2) is 0 Å². The maximum atomic E-state index is 11.8. The molecule has 1 aliphatic heterocycles. The lowest BCUT2D eigenvalue weighted by Crippen LogP contribution is -2.31. The molecule has 0 fully saturated rings. The van der Waals surface area contributed by atoms with Gasteiger partial charge < -0.3 is 25.0 Å². The normalized spacial score (nSPS) is 15.2.